The topological polar surface area (TPSA) is 26.3 Å². The van der Waals surface area contributed by atoms with Crippen molar-refractivity contribution in [1.82, 2.24) is 0 Å². The van der Waals surface area contributed by atoms with Crippen molar-refractivity contribution < 1.29 is 78.4 Å². The molecule has 2 nitrogen and oxygen atoms in total. The van der Waals surface area contributed by atoms with E-state index in [9.17, 15) is 4.79 Å². The summed E-state index contributed by atoms with van der Waals surface area (Å²) < 4.78 is 4.74. The van der Waals surface area contributed by atoms with E-state index in [1.165, 1.54) is 6.92 Å². The molecule has 0 aliphatic rings. The maximum atomic E-state index is 10.4. The first-order valence-electron chi connectivity index (χ1n) is 4.17. The summed E-state index contributed by atoms with van der Waals surface area (Å²) in [7, 11) is 0. The minimum atomic E-state index is -0.253. The van der Waals surface area contributed by atoms with Crippen molar-refractivity contribution in [2.75, 3.05) is 0 Å². The van der Waals surface area contributed by atoms with Crippen LogP contribution in [-0.2, 0) is 9.53 Å². The first-order chi connectivity index (χ1) is 5.52. The Morgan fingerprint density at radius 3 is 2.46 bits per heavy atom. The van der Waals surface area contributed by atoms with Crippen molar-refractivity contribution in [2.24, 2.45) is 5.92 Å². The summed E-state index contributed by atoms with van der Waals surface area (Å²) in [4.78, 5) is 10.4. The van der Waals surface area contributed by atoms with Gasteiger partial charge < -0.3 is 4.74 Å². The molecule has 0 fully saturated rings. The van der Waals surface area contributed by atoms with Crippen LogP contribution in [0.3, 0.4) is 0 Å². The number of ether oxygens (including phenoxy) is 1. The van der Waals surface area contributed by atoms with E-state index in [0.717, 1.165) is 18.4 Å². The fraction of sp³-hybridized carbons (Fsp3) is 0.600. The SMILES string of the molecule is C=C(C)CC[C@@H](C)[CH-]OC(C)=O.[Cs+]. The Hall–Kier alpha value is 1.26. The van der Waals surface area contributed by atoms with Gasteiger partial charge in [0.1, 0.15) is 0 Å². The number of allylic oxidation sites excluding steroid dienone is 1. The Bertz CT molecular complexity index is 148. The van der Waals surface area contributed by atoms with Gasteiger partial charge in [-0.2, -0.15) is 6.61 Å². The van der Waals surface area contributed by atoms with Gasteiger partial charge in [0.15, 0.2) is 0 Å². The summed E-state index contributed by atoms with van der Waals surface area (Å²) in [5.41, 5.74) is 1.16. The standard InChI is InChI=1S/C10H17O2.Cs/c1-8(2)5-6-9(3)7-12-10(4)11;/h7,9H,1,5-6H2,2-4H3;/q-1;+1/t9-;/m1./s1. The fourth-order valence-electron chi connectivity index (χ4n) is 0.754. The summed E-state index contributed by atoms with van der Waals surface area (Å²) in [6.07, 6.45) is 1.97. The van der Waals surface area contributed by atoms with Gasteiger partial charge in [0, 0.05) is 6.92 Å². The molecule has 0 heterocycles. The van der Waals surface area contributed by atoms with Crippen LogP contribution in [0.25, 0.3) is 0 Å². The van der Waals surface area contributed by atoms with Gasteiger partial charge in [-0.25, -0.2) is 0 Å². The molecule has 0 N–H and O–H groups in total. The van der Waals surface area contributed by atoms with Crippen molar-refractivity contribution in [3.05, 3.63) is 18.8 Å². The zero-order valence-corrected chi connectivity index (χ0v) is 15.4. The molecule has 1 atom stereocenters. The van der Waals surface area contributed by atoms with Crippen LogP contribution in [0.5, 0.6) is 0 Å². The van der Waals surface area contributed by atoms with Crippen LogP contribution in [0.1, 0.15) is 33.6 Å². The van der Waals surface area contributed by atoms with Crippen LogP contribution < -0.4 is 68.9 Å². The van der Waals surface area contributed by atoms with Crippen molar-refractivity contribution in [3.8, 4) is 0 Å². The average molecular weight is 302 g/mol. The molecule has 0 saturated carbocycles. The van der Waals surface area contributed by atoms with Gasteiger partial charge in [-0.3, -0.25) is 4.79 Å². The first kappa shape index (κ1) is 16.7. The van der Waals surface area contributed by atoms with E-state index in [-0.39, 0.29) is 74.9 Å². The third-order valence-corrected chi connectivity index (χ3v) is 1.49. The summed E-state index contributed by atoms with van der Waals surface area (Å²) in [5.74, 6) is 0.0581. The van der Waals surface area contributed by atoms with Gasteiger partial charge in [-0.05, 0) is 13.3 Å². The van der Waals surface area contributed by atoms with E-state index in [4.69, 9.17) is 4.74 Å². The van der Waals surface area contributed by atoms with Crippen LogP contribution in [0.15, 0.2) is 12.2 Å². The predicted octanol–water partition coefficient (Wildman–Crippen LogP) is -0.292. The normalized spacial score (nSPS) is 11.3. The smallest absolute Gasteiger partial charge is 0.637 e. The summed E-state index contributed by atoms with van der Waals surface area (Å²) >= 11 is 0. The van der Waals surface area contributed by atoms with Crippen molar-refractivity contribution in [1.29, 1.82) is 0 Å². The van der Waals surface area contributed by atoms with E-state index in [2.05, 4.69) is 6.58 Å². The minimum absolute atomic E-state index is 0. The molecule has 70 valence electrons. The van der Waals surface area contributed by atoms with E-state index in [1.807, 2.05) is 13.8 Å². The van der Waals surface area contributed by atoms with Crippen LogP contribution in [0, 0.1) is 12.5 Å². The molecule has 0 unspecified atom stereocenters. The second-order valence-electron chi connectivity index (χ2n) is 3.22. The molecule has 0 bridgehead atoms. The van der Waals surface area contributed by atoms with E-state index in [1.54, 1.807) is 6.61 Å². The molecule has 0 aliphatic heterocycles. The quantitative estimate of drug-likeness (QED) is 0.396. The number of carbonyl (C=O) groups is 1. The molecule has 0 aromatic carbocycles. The molecule has 0 amide bonds. The molecule has 13 heavy (non-hydrogen) atoms. The van der Waals surface area contributed by atoms with Crippen LogP contribution in [-0.4, -0.2) is 5.97 Å². The van der Waals surface area contributed by atoms with Gasteiger partial charge >= 0.3 is 68.9 Å². The fourth-order valence-corrected chi connectivity index (χ4v) is 0.754. The van der Waals surface area contributed by atoms with E-state index < -0.39 is 0 Å². The van der Waals surface area contributed by atoms with Gasteiger partial charge in [-0.1, -0.05) is 18.9 Å². The summed E-state index contributed by atoms with van der Waals surface area (Å²) in [6.45, 7) is 10.8. The van der Waals surface area contributed by atoms with Crippen LogP contribution in [0.4, 0.5) is 0 Å². The number of hydrogen-bond acceptors (Lipinski definition) is 2. The molecule has 0 saturated heterocycles. The predicted molar refractivity (Wildman–Crippen MR) is 49.3 cm³/mol. The van der Waals surface area contributed by atoms with Gasteiger partial charge in [0.2, 0.25) is 0 Å². The Morgan fingerprint density at radius 1 is 1.54 bits per heavy atom. The van der Waals surface area contributed by atoms with E-state index >= 15 is 0 Å². The average Bonchev–Trinajstić information content (AvgIpc) is 1.96. The summed E-state index contributed by atoms with van der Waals surface area (Å²) in [6, 6.07) is 0. The third-order valence-electron chi connectivity index (χ3n) is 1.49. The Balaban J connectivity index is 0. The Morgan fingerprint density at radius 2 is 2.08 bits per heavy atom. The maximum Gasteiger partial charge on any atom is 1.00 e. The first-order valence-corrected chi connectivity index (χ1v) is 4.17. The second-order valence-corrected chi connectivity index (χ2v) is 3.22. The Labute approximate surface area is 140 Å². The number of carbonyl (C=O) groups excluding carboxylic acids is 1. The second kappa shape index (κ2) is 9.80. The minimum Gasteiger partial charge on any atom is -0.637 e. The molecular formula is C10H17CsO2. The van der Waals surface area contributed by atoms with Gasteiger partial charge in [0.05, 0.1) is 0 Å². The number of rotatable bonds is 5. The van der Waals surface area contributed by atoms with Crippen LogP contribution >= 0.6 is 0 Å². The molecule has 0 radical (unpaired) electrons. The molecule has 0 aromatic heterocycles. The summed E-state index contributed by atoms with van der Waals surface area (Å²) in [5, 5.41) is 0. The number of hydrogen-bond donors (Lipinski definition) is 0. The Kier molecular flexibility index (Phi) is 12.6. The van der Waals surface area contributed by atoms with Crippen LogP contribution in [0.2, 0.25) is 0 Å². The zero-order valence-electron chi connectivity index (χ0n) is 9.09. The maximum absolute atomic E-state index is 10.4. The van der Waals surface area contributed by atoms with Crippen molar-refractivity contribution in [2.45, 2.75) is 33.6 Å². The third kappa shape index (κ3) is 13.3. The van der Waals surface area contributed by atoms with E-state index in [0.29, 0.717) is 5.92 Å². The van der Waals surface area contributed by atoms with Crippen molar-refractivity contribution in [3.63, 3.8) is 0 Å². The molecule has 0 aromatic rings. The molecule has 0 spiro atoms. The molecule has 3 heteroatoms. The monoisotopic (exact) mass is 302 g/mol. The molecular weight excluding hydrogens is 285 g/mol. The van der Waals surface area contributed by atoms with Gasteiger partial charge in [0.25, 0.3) is 5.97 Å². The van der Waals surface area contributed by atoms with Gasteiger partial charge in [-0.15, -0.1) is 12.5 Å². The molecule has 0 aliphatic carbocycles. The molecule has 0 rings (SSSR count). The number of esters is 1. The zero-order chi connectivity index (χ0) is 9.56. The van der Waals surface area contributed by atoms with Crippen molar-refractivity contribution >= 4 is 5.97 Å². The largest absolute Gasteiger partial charge is 1.00 e.